The molecule has 0 saturated heterocycles. The highest BCUT2D eigenvalue weighted by Gasteiger charge is 2.26. The zero-order valence-corrected chi connectivity index (χ0v) is 11.4. The number of nitrogens with one attached hydrogen (secondary N) is 2. The quantitative estimate of drug-likeness (QED) is 0.393. The Morgan fingerprint density at radius 1 is 1.29 bits per heavy atom. The van der Waals surface area contributed by atoms with Crippen molar-refractivity contribution < 1.29 is 14.3 Å². The van der Waals surface area contributed by atoms with Crippen molar-refractivity contribution in [1.29, 1.82) is 0 Å². The van der Waals surface area contributed by atoms with Gasteiger partial charge in [0.2, 0.25) is 6.41 Å². The van der Waals surface area contributed by atoms with Gasteiger partial charge in [0, 0.05) is 13.1 Å². The first-order chi connectivity index (χ1) is 7.78. The fraction of sp³-hybridized carbons (Fsp3) is 0.833. The number of carbonyl (C=O) groups excluding carboxylic acids is 2. The molecule has 0 rings (SSSR count). The summed E-state index contributed by atoms with van der Waals surface area (Å²) >= 11 is 0. The fourth-order valence-corrected chi connectivity index (χ4v) is 1.32. The number of carbonyl (C=O) groups is 2. The molecule has 0 aromatic heterocycles. The maximum absolute atomic E-state index is 11.9. The Balaban J connectivity index is 4.22. The van der Waals surface area contributed by atoms with E-state index >= 15 is 0 Å². The van der Waals surface area contributed by atoms with Crippen molar-refractivity contribution in [3.63, 3.8) is 0 Å². The van der Waals surface area contributed by atoms with E-state index in [2.05, 4.69) is 10.6 Å². The van der Waals surface area contributed by atoms with Gasteiger partial charge >= 0.3 is 5.97 Å². The number of hydrogen-bond acceptors (Lipinski definition) is 4. The van der Waals surface area contributed by atoms with E-state index in [1.165, 1.54) is 0 Å². The smallest absolute Gasteiger partial charge is 0.323 e. The van der Waals surface area contributed by atoms with Crippen LogP contribution in [0.15, 0.2) is 0 Å². The van der Waals surface area contributed by atoms with Crippen LogP contribution in [0, 0.1) is 5.92 Å². The van der Waals surface area contributed by atoms with Crippen molar-refractivity contribution in [2.24, 2.45) is 5.92 Å². The highest BCUT2D eigenvalue weighted by Crippen LogP contribution is 2.12. The first-order valence-electron chi connectivity index (χ1n) is 5.91. The van der Waals surface area contributed by atoms with Crippen LogP contribution in [0.4, 0.5) is 0 Å². The minimum atomic E-state index is -0.479. The molecule has 0 aromatic carbocycles. The molecular formula is C12H24N2O3. The molecule has 5 heteroatoms. The van der Waals surface area contributed by atoms with Crippen molar-refractivity contribution in [3.8, 4) is 0 Å². The summed E-state index contributed by atoms with van der Waals surface area (Å²) in [5.74, 6) is -0.111. The zero-order valence-electron chi connectivity index (χ0n) is 11.4. The van der Waals surface area contributed by atoms with Crippen molar-refractivity contribution in [3.05, 3.63) is 0 Å². The van der Waals surface area contributed by atoms with E-state index in [1.807, 2.05) is 34.6 Å². The fourth-order valence-electron chi connectivity index (χ4n) is 1.32. The van der Waals surface area contributed by atoms with Crippen molar-refractivity contribution in [2.45, 2.75) is 46.3 Å². The lowest BCUT2D eigenvalue weighted by molar-refractivity contribution is -0.158. The molecule has 0 aliphatic heterocycles. The van der Waals surface area contributed by atoms with Gasteiger partial charge < -0.3 is 15.4 Å². The van der Waals surface area contributed by atoms with E-state index in [-0.39, 0.29) is 17.9 Å². The lowest BCUT2D eigenvalue weighted by atomic mass is 10.0. The first-order valence-corrected chi connectivity index (χ1v) is 5.91. The number of esters is 1. The summed E-state index contributed by atoms with van der Waals surface area (Å²) in [5.41, 5.74) is -0.479. The summed E-state index contributed by atoms with van der Waals surface area (Å²) in [6.45, 7) is 10.5. The van der Waals surface area contributed by atoms with E-state index in [9.17, 15) is 9.59 Å². The summed E-state index contributed by atoms with van der Waals surface area (Å²) in [6, 6.07) is -0.345. The molecule has 17 heavy (non-hydrogen) atoms. The Morgan fingerprint density at radius 2 is 1.88 bits per heavy atom. The van der Waals surface area contributed by atoms with Crippen molar-refractivity contribution in [1.82, 2.24) is 10.6 Å². The number of ether oxygens (including phenoxy) is 1. The van der Waals surface area contributed by atoms with E-state index in [1.54, 1.807) is 0 Å². The third-order valence-corrected chi connectivity index (χ3v) is 2.04. The second kappa shape index (κ2) is 7.27. The van der Waals surface area contributed by atoms with E-state index < -0.39 is 5.60 Å². The van der Waals surface area contributed by atoms with Crippen LogP contribution in [0.2, 0.25) is 0 Å². The van der Waals surface area contributed by atoms with Crippen LogP contribution in [-0.2, 0) is 14.3 Å². The van der Waals surface area contributed by atoms with Gasteiger partial charge in [-0.1, -0.05) is 13.8 Å². The average molecular weight is 244 g/mol. The Morgan fingerprint density at radius 3 is 2.29 bits per heavy atom. The summed E-state index contributed by atoms with van der Waals surface area (Å²) in [7, 11) is 0. The molecule has 1 amide bonds. The average Bonchev–Trinajstić information content (AvgIpc) is 2.14. The number of amides is 1. The largest absolute Gasteiger partial charge is 0.459 e. The summed E-state index contributed by atoms with van der Waals surface area (Å²) in [5, 5.41) is 5.61. The van der Waals surface area contributed by atoms with Gasteiger partial charge in [-0.2, -0.15) is 0 Å². The SMILES string of the molecule is CC(C)[C@H](NCCNC=O)C(=O)OC(C)(C)C. The molecular weight excluding hydrogens is 220 g/mol. The molecule has 2 N–H and O–H groups in total. The molecule has 0 aliphatic carbocycles. The van der Waals surface area contributed by atoms with E-state index in [0.29, 0.717) is 19.5 Å². The lowest BCUT2D eigenvalue weighted by Crippen LogP contribution is -2.46. The second-order valence-electron chi connectivity index (χ2n) is 5.28. The molecule has 1 atom stereocenters. The molecule has 0 aromatic rings. The Bertz CT molecular complexity index is 247. The maximum atomic E-state index is 11.9. The normalized spacial score (nSPS) is 13.3. The Labute approximate surface area is 103 Å². The second-order valence-corrected chi connectivity index (χ2v) is 5.28. The van der Waals surface area contributed by atoms with Crippen molar-refractivity contribution >= 4 is 12.4 Å². The first kappa shape index (κ1) is 15.9. The minimum absolute atomic E-state index is 0.140. The molecule has 100 valence electrons. The van der Waals surface area contributed by atoms with Crippen LogP contribution >= 0.6 is 0 Å². The van der Waals surface area contributed by atoms with Crippen LogP contribution < -0.4 is 10.6 Å². The van der Waals surface area contributed by atoms with Gasteiger partial charge in [-0.15, -0.1) is 0 Å². The molecule has 5 nitrogen and oxygen atoms in total. The molecule has 0 spiro atoms. The van der Waals surface area contributed by atoms with Gasteiger partial charge in [0.05, 0.1) is 0 Å². The topological polar surface area (TPSA) is 67.4 Å². The summed E-state index contributed by atoms with van der Waals surface area (Å²) in [6.07, 6.45) is 0.638. The van der Waals surface area contributed by atoms with Gasteiger partial charge in [0.15, 0.2) is 0 Å². The third kappa shape index (κ3) is 7.74. The van der Waals surface area contributed by atoms with Crippen LogP contribution in [0.5, 0.6) is 0 Å². The highest BCUT2D eigenvalue weighted by molar-refractivity contribution is 5.76. The van der Waals surface area contributed by atoms with Gasteiger partial charge in [0.1, 0.15) is 11.6 Å². The summed E-state index contributed by atoms with van der Waals surface area (Å²) in [4.78, 5) is 22.0. The van der Waals surface area contributed by atoms with E-state index in [0.717, 1.165) is 0 Å². The predicted molar refractivity (Wildman–Crippen MR) is 66.5 cm³/mol. The zero-order chi connectivity index (χ0) is 13.5. The minimum Gasteiger partial charge on any atom is -0.459 e. The van der Waals surface area contributed by atoms with Gasteiger partial charge in [0.25, 0.3) is 0 Å². The third-order valence-electron chi connectivity index (χ3n) is 2.04. The van der Waals surface area contributed by atoms with E-state index in [4.69, 9.17) is 4.74 Å². The Kier molecular flexibility index (Phi) is 6.80. The van der Waals surface area contributed by atoms with Gasteiger partial charge in [-0.05, 0) is 26.7 Å². The number of rotatable bonds is 7. The van der Waals surface area contributed by atoms with Crippen molar-refractivity contribution in [2.75, 3.05) is 13.1 Å². The Hall–Kier alpha value is -1.10. The molecule has 0 bridgehead atoms. The van der Waals surface area contributed by atoms with Crippen LogP contribution in [-0.4, -0.2) is 37.1 Å². The molecule has 0 aliphatic rings. The van der Waals surface area contributed by atoms with Gasteiger partial charge in [-0.3, -0.25) is 9.59 Å². The number of hydrogen-bond donors (Lipinski definition) is 2. The molecule has 0 unspecified atom stereocenters. The van der Waals surface area contributed by atoms with Gasteiger partial charge in [-0.25, -0.2) is 0 Å². The van der Waals surface area contributed by atoms with Crippen LogP contribution in [0.3, 0.4) is 0 Å². The summed E-state index contributed by atoms with van der Waals surface area (Å²) < 4.78 is 5.33. The standard InChI is InChI=1S/C12H24N2O3/c1-9(2)10(14-7-6-13-8-15)11(16)17-12(3,4)5/h8-10,14H,6-7H2,1-5H3,(H,13,15)/t10-/m0/s1. The molecule has 0 heterocycles. The molecule has 0 fully saturated rings. The van der Waals surface area contributed by atoms with Crippen LogP contribution in [0.25, 0.3) is 0 Å². The predicted octanol–water partition coefficient (Wildman–Crippen LogP) is 0.688. The molecule has 0 saturated carbocycles. The van der Waals surface area contributed by atoms with Crippen LogP contribution in [0.1, 0.15) is 34.6 Å². The molecule has 0 radical (unpaired) electrons. The lowest BCUT2D eigenvalue weighted by Gasteiger charge is -2.26. The maximum Gasteiger partial charge on any atom is 0.323 e. The monoisotopic (exact) mass is 244 g/mol. The highest BCUT2D eigenvalue weighted by atomic mass is 16.6.